The van der Waals surface area contributed by atoms with E-state index in [4.69, 9.17) is 21.1 Å². The van der Waals surface area contributed by atoms with E-state index in [1.165, 1.54) is 26.0 Å². The molecule has 0 radical (unpaired) electrons. The summed E-state index contributed by atoms with van der Waals surface area (Å²) in [4.78, 5) is 12.0. The molecule has 0 aromatic heterocycles. The number of amides is 1. The Balaban J connectivity index is 2.08. The van der Waals surface area contributed by atoms with Crippen molar-refractivity contribution in [3.63, 3.8) is 0 Å². The van der Waals surface area contributed by atoms with Crippen molar-refractivity contribution >= 4 is 23.7 Å². The van der Waals surface area contributed by atoms with Crippen molar-refractivity contribution in [1.82, 2.24) is 5.43 Å². The van der Waals surface area contributed by atoms with E-state index in [2.05, 4.69) is 17.5 Å². The van der Waals surface area contributed by atoms with Gasteiger partial charge in [-0.1, -0.05) is 30.7 Å². The van der Waals surface area contributed by atoms with Gasteiger partial charge in [0.05, 0.1) is 25.5 Å². The summed E-state index contributed by atoms with van der Waals surface area (Å²) in [5, 5.41) is 4.36. The van der Waals surface area contributed by atoms with E-state index in [0.29, 0.717) is 27.6 Å². The average Bonchev–Trinajstić information content (AvgIpc) is 2.61. The molecule has 5 nitrogen and oxygen atoms in total. The van der Waals surface area contributed by atoms with Crippen molar-refractivity contribution in [2.24, 2.45) is 5.10 Å². The van der Waals surface area contributed by atoms with Crippen LogP contribution in [0.5, 0.6) is 11.5 Å². The van der Waals surface area contributed by atoms with Gasteiger partial charge < -0.3 is 9.47 Å². The van der Waals surface area contributed by atoms with Gasteiger partial charge in [-0.2, -0.15) is 5.10 Å². The zero-order valence-electron chi connectivity index (χ0n) is 13.8. The topological polar surface area (TPSA) is 59.9 Å². The molecule has 2 aromatic rings. The Hall–Kier alpha value is -2.53. The molecular formula is C18H19ClN2O3. The predicted octanol–water partition coefficient (Wildman–Crippen LogP) is 3.68. The molecule has 0 saturated carbocycles. The lowest BCUT2D eigenvalue weighted by atomic mass is 10.1. The number of hydrazone groups is 1. The van der Waals surface area contributed by atoms with E-state index in [-0.39, 0.29) is 5.91 Å². The van der Waals surface area contributed by atoms with Gasteiger partial charge in [-0.05, 0) is 41.8 Å². The molecule has 0 heterocycles. The van der Waals surface area contributed by atoms with Crippen LogP contribution in [0.4, 0.5) is 0 Å². The molecule has 2 aromatic carbocycles. The standard InChI is InChI=1S/C18H19ClN2O3/c1-4-12-5-7-14(8-6-12)18(22)21-20-11-13-9-15(19)17(24-3)16(10-13)23-2/h5-11H,4H2,1-3H3,(H,21,22)/b20-11-. The van der Waals surface area contributed by atoms with Gasteiger partial charge >= 0.3 is 0 Å². The normalized spacial score (nSPS) is 10.7. The Labute approximate surface area is 146 Å². The number of rotatable bonds is 6. The van der Waals surface area contributed by atoms with Gasteiger partial charge in [-0.3, -0.25) is 4.79 Å². The van der Waals surface area contributed by atoms with Gasteiger partial charge in [-0.25, -0.2) is 5.43 Å². The SMILES string of the molecule is CCc1ccc(C(=O)N/N=C\c2cc(Cl)c(OC)c(OC)c2)cc1. The van der Waals surface area contributed by atoms with Crippen molar-refractivity contribution in [1.29, 1.82) is 0 Å². The summed E-state index contributed by atoms with van der Waals surface area (Å²) in [5.41, 5.74) is 4.89. The Kier molecular flexibility index (Phi) is 6.21. The van der Waals surface area contributed by atoms with Crippen LogP contribution in [0.15, 0.2) is 41.5 Å². The summed E-state index contributed by atoms with van der Waals surface area (Å²) in [5.74, 6) is 0.671. The van der Waals surface area contributed by atoms with Crippen LogP contribution in [0.25, 0.3) is 0 Å². The van der Waals surface area contributed by atoms with E-state index in [1.807, 2.05) is 12.1 Å². The second-order valence-electron chi connectivity index (χ2n) is 4.99. The number of halogens is 1. The molecular weight excluding hydrogens is 328 g/mol. The fraction of sp³-hybridized carbons (Fsp3) is 0.222. The predicted molar refractivity (Wildman–Crippen MR) is 95.4 cm³/mol. The summed E-state index contributed by atoms with van der Waals surface area (Å²) in [6.07, 6.45) is 2.42. The number of nitrogens with zero attached hydrogens (tertiary/aromatic N) is 1. The first-order chi connectivity index (χ1) is 11.6. The lowest BCUT2D eigenvalue weighted by Gasteiger charge is -2.09. The van der Waals surface area contributed by atoms with Crippen molar-refractivity contribution < 1.29 is 14.3 Å². The maximum Gasteiger partial charge on any atom is 0.271 e. The van der Waals surface area contributed by atoms with Crippen molar-refractivity contribution in [2.45, 2.75) is 13.3 Å². The van der Waals surface area contributed by atoms with Crippen LogP contribution in [0.3, 0.4) is 0 Å². The molecule has 1 N–H and O–H groups in total. The highest BCUT2D eigenvalue weighted by atomic mass is 35.5. The van der Waals surface area contributed by atoms with E-state index in [1.54, 1.807) is 24.3 Å². The molecule has 0 saturated heterocycles. The number of hydrogen-bond acceptors (Lipinski definition) is 4. The highest BCUT2D eigenvalue weighted by molar-refractivity contribution is 6.32. The molecule has 0 aliphatic heterocycles. The van der Waals surface area contributed by atoms with E-state index >= 15 is 0 Å². The number of ether oxygens (including phenoxy) is 2. The summed E-state index contributed by atoms with van der Waals surface area (Å²) < 4.78 is 10.4. The summed E-state index contributed by atoms with van der Waals surface area (Å²) in [6.45, 7) is 2.06. The third-order valence-electron chi connectivity index (χ3n) is 3.46. The van der Waals surface area contributed by atoms with Gasteiger partial charge in [0.1, 0.15) is 0 Å². The minimum atomic E-state index is -0.277. The summed E-state index contributed by atoms with van der Waals surface area (Å²) in [7, 11) is 3.04. The third-order valence-corrected chi connectivity index (χ3v) is 3.74. The lowest BCUT2D eigenvalue weighted by Crippen LogP contribution is -2.17. The Morgan fingerprint density at radius 3 is 2.50 bits per heavy atom. The zero-order chi connectivity index (χ0) is 17.5. The first kappa shape index (κ1) is 17.8. The first-order valence-electron chi connectivity index (χ1n) is 7.43. The minimum absolute atomic E-state index is 0.277. The Morgan fingerprint density at radius 2 is 1.92 bits per heavy atom. The van der Waals surface area contributed by atoms with Crippen LogP contribution < -0.4 is 14.9 Å². The highest BCUT2D eigenvalue weighted by Gasteiger charge is 2.10. The van der Waals surface area contributed by atoms with Crippen LogP contribution >= 0.6 is 11.6 Å². The molecule has 0 atom stereocenters. The third kappa shape index (κ3) is 4.26. The van der Waals surface area contributed by atoms with E-state index in [9.17, 15) is 4.79 Å². The smallest absolute Gasteiger partial charge is 0.271 e. The van der Waals surface area contributed by atoms with E-state index < -0.39 is 0 Å². The number of benzene rings is 2. The van der Waals surface area contributed by atoms with Gasteiger partial charge in [0.2, 0.25) is 0 Å². The molecule has 0 aliphatic rings. The maximum atomic E-state index is 12.0. The number of nitrogens with one attached hydrogen (secondary N) is 1. The molecule has 0 bridgehead atoms. The second kappa shape index (κ2) is 8.36. The Bertz CT molecular complexity index is 743. The van der Waals surface area contributed by atoms with Gasteiger partial charge in [0.15, 0.2) is 11.5 Å². The highest BCUT2D eigenvalue weighted by Crippen LogP contribution is 2.35. The van der Waals surface area contributed by atoms with Crippen molar-refractivity contribution in [3.8, 4) is 11.5 Å². The summed E-state index contributed by atoms with van der Waals surface area (Å²) >= 11 is 6.13. The van der Waals surface area contributed by atoms with Crippen LogP contribution in [0.1, 0.15) is 28.4 Å². The van der Waals surface area contributed by atoms with Crippen LogP contribution in [0, 0.1) is 0 Å². The number of hydrogen-bond donors (Lipinski definition) is 1. The molecule has 0 unspecified atom stereocenters. The van der Waals surface area contributed by atoms with Crippen LogP contribution in [0.2, 0.25) is 5.02 Å². The minimum Gasteiger partial charge on any atom is -0.493 e. The first-order valence-corrected chi connectivity index (χ1v) is 7.80. The van der Waals surface area contributed by atoms with E-state index in [0.717, 1.165) is 6.42 Å². The molecule has 126 valence electrons. The fourth-order valence-corrected chi connectivity index (χ4v) is 2.43. The van der Waals surface area contributed by atoms with Crippen LogP contribution in [-0.2, 0) is 6.42 Å². The monoisotopic (exact) mass is 346 g/mol. The zero-order valence-corrected chi connectivity index (χ0v) is 14.6. The quantitative estimate of drug-likeness (QED) is 0.641. The number of carbonyl (C=O) groups excluding carboxylic acids is 1. The van der Waals surface area contributed by atoms with Crippen molar-refractivity contribution in [2.75, 3.05) is 14.2 Å². The summed E-state index contributed by atoms with van der Waals surface area (Å²) in [6, 6.07) is 10.8. The largest absolute Gasteiger partial charge is 0.493 e. The molecule has 0 aliphatic carbocycles. The number of carbonyl (C=O) groups is 1. The number of methoxy groups -OCH3 is 2. The van der Waals surface area contributed by atoms with Crippen molar-refractivity contribution in [3.05, 3.63) is 58.1 Å². The van der Waals surface area contributed by atoms with Crippen LogP contribution in [-0.4, -0.2) is 26.3 Å². The molecule has 6 heteroatoms. The average molecular weight is 347 g/mol. The fourth-order valence-electron chi connectivity index (χ4n) is 2.13. The molecule has 1 amide bonds. The second-order valence-corrected chi connectivity index (χ2v) is 5.40. The molecule has 2 rings (SSSR count). The van der Waals surface area contributed by atoms with Gasteiger partial charge in [-0.15, -0.1) is 0 Å². The lowest BCUT2D eigenvalue weighted by molar-refractivity contribution is 0.0955. The Morgan fingerprint density at radius 1 is 1.21 bits per heavy atom. The molecule has 0 fully saturated rings. The molecule has 24 heavy (non-hydrogen) atoms. The maximum absolute atomic E-state index is 12.0. The molecule has 0 spiro atoms. The number of aryl methyl sites for hydroxylation is 1. The van der Waals surface area contributed by atoms with Gasteiger partial charge in [0.25, 0.3) is 5.91 Å². The van der Waals surface area contributed by atoms with Gasteiger partial charge in [0, 0.05) is 5.56 Å².